The third kappa shape index (κ3) is 7.64. The third-order valence-corrected chi connectivity index (χ3v) is 16.7. The van der Waals surface area contributed by atoms with E-state index in [1.807, 2.05) is 36.9 Å². The lowest BCUT2D eigenvalue weighted by atomic mass is 9.33. The van der Waals surface area contributed by atoms with Gasteiger partial charge in [0.2, 0.25) is 0 Å². The summed E-state index contributed by atoms with van der Waals surface area (Å²) < 4.78 is 2.50. The van der Waals surface area contributed by atoms with Crippen LogP contribution < -0.4 is 26.2 Å². The Labute approximate surface area is 477 Å². The van der Waals surface area contributed by atoms with Gasteiger partial charge in [-0.05, 0) is 109 Å². The van der Waals surface area contributed by atoms with Crippen molar-refractivity contribution in [1.82, 2.24) is 14.5 Å². The van der Waals surface area contributed by atoms with Gasteiger partial charge in [0.1, 0.15) is 0 Å². The second-order valence-electron chi connectivity index (χ2n) is 21.3. The summed E-state index contributed by atoms with van der Waals surface area (Å²) in [6.45, 7) is -0.240. The molecule has 16 rings (SSSR count). The summed E-state index contributed by atoms with van der Waals surface area (Å²) >= 11 is 0. The largest absolute Gasteiger partial charge is 0.310 e. The first-order valence-corrected chi connectivity index (χ1v) is 28.1. The van der Waals surface area contributed by atoms with E-state index in [1.165, 1.54) is 27.2 Å². The van der Waals surface area contributed by atoms with E-state index < -0.39 is 0 Å². The van der Waals surface area contributed by atoms with Crippen LogP contribution in [0.25, 0.3) is 94.3 Å². The quantitative estimate of drug-likeness (QED) is 0.135. The second-order valence-corrected chi connectivity index (χ2v) is 21.3. The van der Waals surface area contributed by atoms with Gasteiger partial charge in [-0.15, -0.1) is 0 Å². The summed E-state index contributed by atoms with van der Waals surface area (Å²) in [6.07, 6.45) is 7.69. The Kier molecular flexibility index (Phi) is 11.2. The number of rotatable bonds is 9. The maximum absolute atomic E-state index is 4.67. The minimum Gasteiger partial charge on any atom is -0.310 e. The fraction of sp³-hybridized carbons (Fsp3) is 0. The molecule has 5 nitrogen and oxygen atoms in total. The van der Waals surface area contributed by atoms with Crippen molar-refractivity contribution in [3.63, 3.8) is 0 Å². The van der Waals surface area contributed by atoms with Gasteiger partial charge in [-0.2, -0.15) is 0 Å². The highest BCUT2D eigenvalue weighted by Crippen LogP contribution is 2.54. The summed E-state index contributed by atoms with van der Waals surface area (Å²) in [7, 11) is 0. The van der Waals surface area contributed by atoms with E-state index in [-0.39, 0.29) is 6.71 Å². The lowest BCUT2D eigenvalue weighted by molar-refractivity contribution is 1.16. The van der Waals surface area contributed by atoms with Crippen LogP contribution in [0.2, 0.25) is 0 Å². The van der Waals surface area contributed by atoms with Crippen molar-refractivity contribution < 1.29 is 0 Å². The van der Waals surface area contributed by atoms with Gasteiger partial charge in [0.05, 0.1) is 28.1 Å². The zero-order valence-electron chi connectivity index (χ0n) is 44.7. The lowest BCUT2D eigenvalue weighted by Crippen LogP contribution is -2.61. The van der Waals surface area contributed by atoms with Crippen LogP contribution in [0, 0.1) is 0 Å². The molecular formula is C76H50BN5. The molecule has 0 saturated carbocycles. The summed E-state index contributed by atoms with van der Waals surface area (Å²) in [5, 5.41) is 2.42. The normalized spacial score (nSPS) is 12.3. The first kappa shape index (κ1) is 47.2. The van der Waals surface area contributed by atoms with Gasteiger partial charge in [0.25, 0.3) is 6.71 Å². The summed E-state index contributed by atoms with van der Waals surface area (Å²) in [5.74, 6) is 0. The summed E-state index contributed by atoms with van der Waals surface area (Å²) in [4.78, 5) is 14.6. The Morgan fingerprint density at radius 2 is 0.646 bits per heavy atom. The maximum Gasteiger partial charge on any atom is 0.252 e. The molecule has 0 unspecified atom stereocenters. The van der Waals surface area contributed by atoms with E-state index in [2.05, 4.69) is 291 Å². The maximum atomic E-state index is 4.67. The van der Waals surface area contributed by atoms with Crippen molar-refractivity contribution >= 4 is 79.0 Å². The molecule has 6 heteroatoms. The van der Waals surface area contributed by atoms with Crippen molar-refractivity contribution in [2.75, 3.05) is 9.80 Å². The van der Waals surface area contributed by atoms with Crippen molar-refractivity contribution in [3.05, 3.63) is 304 Å². The van der Waals surface area contributed by atoms with Gasteiger partial charge < -0.3 is 14.4 Å². The molecule has 0 spiro atoms. The number of para-hydroxylation sites is 4. The Balaban J connectivity index is 1.12. The van der Waals surface area contributed by atoms with E-state index >= 15 is 0 Å². The number of nitrogens with zero attached hydrogens (tertiary/aromatic N) is 5. The molecule has 0 N–H and O–H groups in total. The van der Waals surface area contributed by atoms with Crippen LogP contribution in [0.1, 0.15) is 0 Å². The van der Waals surface area contributed by atoms with Crippen molar-refractivity contribution in [3.8, 4) is 72.4 Å². The van der Waals surface area contributed by atoms with Gasteiger partial charge in [-0.3, -0.25) is 9.97 Å². The highest BCUT2D eigenvalue weighted by molar-refractivity contribution is 7.00. The van der Waals surface area contributed by atoms with Gasteiger partial charge in [-0.25, -0.2) is 0 Å². The highest BCUT2D eigenvalue weighted by Gasteiger charge is 2.46. The number of benzene rings is 11. The molecule has 82 heavy (non-hydrogen) atoms. The Morgan fingerprint density at radius 1 is 0.280 bits per heavy atom. The Bertz CT molecular complexity index is 4330. The molecule has 0 amide bonds. The summed E-state index contributed by atoms with van der Waals surface area (Å²) in [5.41, 5.74) is 27.0. The predicted octanol–water partition coefficient (Wildman–Crippen LogP) is 17.7. The summed E-state index contributed by atoms with van der Waals surface area (Å²) in [6, 6.07) is 103. The van der Waals surface area contributed by atoms with Crippen LogP contribution >= 0.6 is 0 Å². The van der Waals surface area contributed by atoms with Gasteiger partial charge in [-0.1, -0.05) is 231 Å². The van der Waals surface area contributed by atoms with E-state index in [0.29, 0.717) is 0 Å². The minimum atomic E-state index is -0.240. The number of anilines is 6. The van der Waals surface area contributed by atoms with Crippen molar-refractivity contribution in [2.24, 2.45) is 0 Å². The molecule has 11 aromatic carbocycles. The molecule has 0 bridgehead atoms. The zero-order valence-corrected chi connectivity index (χ0v) is 44.7. The molecular weight excluding hydrogens is 994 g/mol. The number of fused-ring (bicyclic) bond motifs is 7. The molecule has 0 aliphatic carbocycles. The average Bonchev–Trinajstić information content (AvgIpc) is 3.33. The van der Waals surface area contributed by atoms with Crippen LogP contribution in [0.4, 0.5) is 34.1 Å². The van der Waals surface area contributed by atoms with Crippen LogP contribution in [0.5, 0.6) is 0 Å². The molecule has 0 radical (unpaired) electrons. The number of aromatic nitrogens is 3. The number of pyridine rings is 2. The SMILES string of the molecule is c1ccc(-c2cccc(-c3ccccc3)c2N2c3ccc(-c4cccnc4)cc3B3c4cc(-c5cccnc5)ccc4N(c4c(-c5ccccc5)cccc4-c4ccccc4)c4cc(-n5c6ccccc6c6ccccc65)cc2c43)cc1. The predicted molar refractivity (Wildman–Crippen MR) is 343 cm³/mol. The minimum absolute atomic E-state index is 0.240. The number of hydrogen-bond acceptors (Lipinski definition) is 4. The van der Waals surface area contributed by atoms with Crippen LogP contribution in [0.15, 0.2) is 304 Å². The second kappa shape index (κ2) is 19.5. The fourth-order valence-corrected chi connectivity index (χ4v) is 13.2. The fourth-order valence-electron chi connectivity index (χ4n) is 13.2. The molecule has 14 aromatic rings. The first-order chi connectivity index (χ1) is 40.7. The van der Waals surface area contributed by atoms with Crippen LogP contribution in [0.3, 0.4) is 0 Å². The molecule has 0 fully saturated rings. The van der Waals surface area contributed by atoms with Gasteiger partial charge in [0, 0.05) is 80.6 Å². The lowest BCUT2D eigenvalue weighted by Gasteiger charge is -2.46. The standard InChI is InChI=1S/C76H50BN5/c1-5-21-51(22-6-1)60-33-17-34-61(52-23-7-2-8-24-52)75(60)81-70-41-39-55(57-29-19-43-78-49-57)45-66(70)77-67-46-56(58-30-20-44-79-50-58)40-42-71(67)82(76-62(53-25-9-3-10-26-53)35-18-36-63(76)54-27-11-4-12-28-54)73-48-59(47-72(81)74(73)77)80-68-37-15-13-31-64(68)65-32-14-16-38-69(65)80/h1-50H. The smallest absolute Gasteiger partial charge is 0.252 e. The van der Waals surface area contributed by atoms with Crippen LogP contribution in [-0.4, -0.2) is 21.2 Å². The molecule has 3 aromatic heterocycles. The molecule has 0 saturated heterocycles. The monoisotopic (exact) mass is 1040 g/mol. The third-order valence-electron chi connectivity index (χ3n) is 16.7. The molecule has 2 aliphatic heterocycles. The Hall–Kier alpha value is -10.8. The van der Waals surface area contributed by atoms with E-state index in [4.69, 9.17) is 0 Å². The van der Waals surface area contributed by atoms with Crippen LogP contribution in [-0.2, 0) is 0 Å². The van der Waals surface area contributed by atoms with Gasteiger partial charge in [0.15, 0.2) is 0 Å². The topological polar surface area (TPSA) is 37.2 Å². The van der Waals surface area contributed by atoms with Gasteiger partial charge >= 0.3 is 0 Å². The molecule has 382 valence electrons. The molecule has 2 aliphatic rings. The van der Waals surface area contributed by atoms with E-state index in [0.717, 1.165) is 118 Å². The molecule has 0 atom stereocenters. The first-order valence-electron chi connectivity index (χ1n) is 28.1. The average molecular weight is 1040 g/mol. The molecule has 5 heterocycles. The van der Waals surface area contributed by atoms with Crippen molar-refractivity contribution in [2.45, 2.75) is 0 Å². The zero-order chi connectivity index (χ0) is 54.1. The van der Waals surface area contributed by atoms with Crippen molar-refractivity contribution in [1.29, 1.82) is 0 Å². The highest BCUT2D eigenvalue weighted by atomic mass is 15.2. The van der Waals surface area contributed by atoms with E-state index in [1.54, 1.807) is 0 Å². The number of hydrogen-bond donors (Lipinski definition) is 0. The Morgan fingerprint density at radius 3 is 1.02 bits per heavy atom. The van der Waals surface area contributed by atoms with E-state index in [9.17, 15) is 0 Å².